The van der Waals surface area contributed by atoms with Crippen LogP contribution in [0.4, 0.5) is 4.39 Å². The number of nitrogens with two attached hydrogens (primary N) is 1. The van der Waals surface area contributed by atoms with Gasteiger partial charge in [-0.15, -0.1) is 0 Å². The fourth-order valence-corrected chi connectivity index (χ4v) is 1.77. The number of aryl methyl sites for hydroxylation is 1. The third kappa shape index (κ3) is 4.65. The molecule has 0 bridgehead atoms. The molecule has 94 valence electrons. The van der Waals surface area contributed by atoms with Crippen LogP contribution < -0.4 is 5.73 Å². The second-order valence-electron chi connectivity index (χ2n) is 4.36. The average Bonchev–Trinajstić information content (AvgIpc) is 2.32. The zero-order valence-corrected chi connectivity index (χ0v) is 10.3. The summed E-state index contributed by atoms with van der Waals surface area (Å²) in [5.41, 5.74) is 6.52. The zero-order valence-electron chi connectivity index (χ0n) is 10.3. The van der Waals surface area contributed by atoms with Crippen LogP contribution in [0, 0.1) is 12.7 Å². The van der Waals surface area contributed by atoms with E-state index in [1.165, 1.54) is 6.07 Å². The largest absolute Gasteiger partial charge is 0.330 e. The van der Waals surface area contributed by atoms with Crippen LogP contribution >= 0.6 is 0 Å². The fourth-order valence-electron chi connectivity index (χ4n) is 1.77. The molecule has 1 rings (SSSR count). The Hall–Kier alpha value is -1.22. The van der Waals surface area contributed by atoms with Crippen LogP contribution in [0.5, 0.6) is 0 Å². The van der Waals surface area contributed by atoms with E-state index in [1.54, 1.807) is 12.1 Å². The first-order valence-corrected chi connectivity index (χ1v) is 6.14. The molecule has 3 heteroatoms. The number of ketones is 1. The molecule has 0 aliphatic heterocycles. The Morgan fingerprint density at radius 2 is 1.94 bits per heavy atom. The van der Waals surface area contributed by atoms with Crippen molar-refractivity contribution in [2.24, 2.45) is 5.73 Å². The van der Waals surface area contributed by atoms with Crippen molar-refractivity contribution in [3.8, 4) is 0 Å². The van der Waals surface area contributed by atoms with Gasteiger partial charge in [-0.25, -0.2) is 4.39 Å². The molecule has 0 amide bonds. The van der Waals surface area contributed by atoms with Crippen LogP contribution in [0.15, 0.2) is 18.2 Å². The Bertz CT molecular complexity index is 376. The third-order valence-electron chi connectivity index (χ3n) is 2.78. The monoisotopic (exact) mass is 237 g/mol. The van der Waals surface area contributed by atoms with Crippen LogP contribution in [0.2, 0.25) is 0 Å². The summed E-state index contributed by atoms with van der Waals surface area (Å²) >= 11 is 0. The van der Waals surface area contributed by atoms with E-state index < -0.39 is 5.82 Å². The maximum absolute atomic E-state index is 13.4. The van der Waals surface area contributed by atoms with Crippen LogP contribution in [0.1, 0.15) is 48.0 Å². The fraction of sp³-hybridized carbons (Fsp3) is 0.500. The molecule has 0 radical (unpaired) electrons. The van der Waals surface area contributed by atoms with Crippen molar-refractivity contribution in [3.05, 3.63) is 35.1 Å². The molecule has 1 aromatic carbocycles. The molecule has 0 atom stereocenters. The molecule has 2 N–H and O–H groups in total. The van der Waals surface area contributed by atoms with Gasteiger partial charge in [0.2, 0.25) is 0 Å². The summed E-state index contributed by atoms with van der Waals surface area (Å²) in [5.74, 6) is -0.512. The van der Waals surface area contributed by atoms with E-state index in [2.05, 4.69) is 0 Å². The highest BCUT2D eigenvalue weighted by Gasteiger charge is 2.11. The number of carbonyl (C=O) groups is 1. The molecule has 0 aliphatic rings. The molecule has 0 heterocycles. The SMILES string of the molecule is Cc1ccc(F)c(C(=O)CCCCCCN)c1. The molecule has 0 unspecified atom stereocenters. The molecule has 0 saturated heterocycles. The minimum atomic E-state index is -0.414. The molecular weight excluding hydrogens is 217 g/mol. The number of hydrogen-bond acceptors (Lipinski definition) is 2. The maximum atomic E-state index is 13.4. The van der Waals surface area contributed by atoms with Crippen molar-refractivity contribution in [2.45, 2.75) is 39.0 Å². The standard InChI is InChI=1S/C14H20FNO/c1-11-7-8-13(15)12(10-11)14(17)6-4-2-3-5-9-16/h7-8,10H,2-6,9,16H2,1H3. The lowest BCUT2D eigenvalue weighted by molar-refractivity contribution is 0.0975. The van der Waals surface area contributed by atoms with Crippen molar-refractivity contribution in [1.29, 1.82) is 0 Å². The minimum absolute atomic E-state index is 0.0982. The number of halogens is 1. The molecule has 0 aliphatic carbocycles. The summed E-state index contributed by atoms with van der Waals surface area (Å²) in [6.07, 6.45) is 4.25. The summed E-state index contributed by atoms with van der Waals surface area (Å²) in [6, 6.07) is 4.65. The van der Waals surface area contributed by atoms with E-state index in [1.807, 2.05) is 6.92 Å². The number of Topliss-reactive ketones (excluding diaryl/α,β-unsaturated/α-hetero) is 1. The minimum Gasteiger partial charge on any atom is -0.330 e. The average molecular weight is 237 g/mol. The summed E-state index contributed by atoms with van der Waals surface area (Å²) in [6.45, 7) is 2.55. The predicted octanol–water partition coefficient (Wildman–Crippen LogP) is 3.23. The molecule has 17 heavy (non-hydrogen) atoms. The Morgan fingerprint density at radius 1 is 1.24 bits per heavy atom. The van der Waals surface area contributed by atoms with Crippen LogP contribution in [0.25, 0.3) is 0 Å². The predicted molar refractivity (Wildman–Crippen MR) is 67.6 cm³/mol. The van der Waals surface area contributed by atoms with Crippen molar-refractivity contribution < 1.29 is 9.18 Å². The van der Waals surface area contributed by atoms with Crippen molar-refractivity contribution in [1.82, 2.24) is 0 Å². The van der Waals surface area contributed by atoms with E-state index >= 15 is 0 Å². The second kappa shape index (κ2) is 7.17. The summed E-state index contributed by atoms with van der Waals surface area (Å²) in [4.78, 5) is 11.8. The lowest BCUT2D eigenvalue weighted by atomic mass is 10.0. The smallest absolute Gasteiger partial charge is 0.165 e. The van der Waals surface area contributed by atoms with E-state index in [9.17, 15) is 9.18 Å². The van der Waals surface area contributed by atoms with Gasteiger partial charge in [-0.1, -0.05) is 24.5 Å². The summed E-state index contributed by atoms with van der Waals surface area (Å²) in [5, 5.41) is 0. The molecule has 0 spiro atoms. The van der Waals surface area contributed by atoms with Crippen LogP contribution in [-0.2, 0) is 0 Å². The van der Waals surface area contributed by atoms with Gasteiger partial charge in [0.15, 0.2) is 5.78 Å². The van der Waals surface area contributed by atoms with Gasteiger partial charge < -0.3 is 5.73 Å². The van der Waals surface area contributed by atoms with Gasteiger partial charge in [0.05, 0.1) is 5.56 Å². The first kappa shape index (κ1) is 13.8. The van der Waals surface area contributed by atoms with Gasteiger partial charge in [0.25, 0.3) is 0 Å². The zero-order chi connectivity index (χ0) is 12.7. The highest BCUT2D eigenvalue weighted by molar-refractivity contribution is 5.96. The van der Waals surface area contributed by atoms with E-state index in [-0.39, 0.29) is 11.3 Å². The van der Waals surface area contributed by atoms with Crippen LogP contribution in [-0.4, -0.2) is 12.3 Å². The molecule has 1 aromatic rings. The van der Waals surface area contributed by atoms with Gasteiger partial charge in [-0.2, -0.15) is 0 Å². The Kier molecular flexibility index (Phi) is 5.84. The molecule has 0 aromatic heterocycles. The Labute approximate surface area is 102 Å². The Balaban J connectivity index is 2.44. The van der Waals surface area contributed by atoms with Crippen molar-refractivity contribution in [2.75, 3.05) is 6.54 Å². The topological polar surface area (TPSA) is 43.1 Å². The first-order valence-electron chi connectivity index (χ1n) is 6.14. The third-order valence-corrected chi connectivity index (χ3v) is 2.78. The molecular formula is C14H20FNO. The van der Waals surface area contributed by atoms with E-state index in [0.717, 1.165) is 31.2 Å². The quantitative estimate of drug-likeness (QED) is 0.584. The van der Waals surface area contributed by atoms with Gasteiger partial charge in [-0.05, 0) is 38.4 Å². The number of hydrogen-bond donors (Lipinski definition) is 1. The summed E-state index contributed by atoms with van der Waals surface area (Å²) < 4.78 is 13.4. The van der Waals surface area contributed by atoms with Crippen molar-refractivity contribution >= 4 is 5.78 Å². The number of unbranched alkanes of at least 4 members (excludes halogenated alkanes) is 3. The van der Waals surface area contributed by atoms with Crippen LogP contribution in [0.3, 0.4) is 0 Å². The maximum Gasteiger partial charge on any atom is 0.165 e. The Morgan fingerprint density at radius 3 is 2.65 bits per heavy atom. The first-order chi connectivity index (χ1) is 8.15. The number of rotatable bonds is 7. The van der Waals surface area contributed by atoms with Gasteiger partial charge in [0, 0.05) is 6.42 Å². The number of carbonyl (C=O) groups excluding carboxylic acids is 1. The normalized spacial score (nSPS) is 10.5. The van der Waals surface area contributed by atoms with E-state index in [4.69, 9.17) is 5.73 Å². The highest BCUT2D eigenvalue weighted by atomic mass is 19.1. The number of benzene rings is 1. The lowest BCUT2D eigenvalue weighted by Gasteiger charge is -2.04. The van der Waals surface area contributed by atoms with Crippen molar-refractivity contribution in [3.63, 3.8) is 0 Å². The van der Waals surface area contributed by atoms with Gasteiger partial charge in [0.1, 0.15) is 5.82 Å². The molecule has 0 fully saturated rings. The lowest BCUT2D eigenvalue weighted by Crippen LogP contribution is -2.03. The molecule has 0 saturated carbocycles. The summed E-state index contributed by atoms with van der Waals surface area (Å²) in [7, 11) is 0. The van der Waals surface area contributed by atoms with E-state index in [0.29, 0.717) is 13.0 Å². The second-order valence-corrected chi connectivity index (χ2v) is 4.36. The van der Waals surface area contributed by atoms with Gasteiger partial charge >= 0.3 is 0 Å². The molecule has 2 nitrogen and oxygen atoms in total. The highest BCUT2D eigenvalue weighted by Crippen LogP contribution is 2.14. The van der Waals surface area contributed by atoms with Gasteiger partial charge in [-0.3, -0.25) is 4.79 Å².